The van der Waals surface area contributed by atoms with Gasteiger partial charge in [-0.3, -0.25) is 4.79 Å². The molecule has 114 valence electrons. The van der Waals surface area contributed by atoms with Gasteiger partial charge in [-0.05, 0) is 43.0 Å². The van der Waals surface area contributed by atoms with E-state index in [1.165, 1.54) is 17.4 Å². The molecule has 2 aromatic rings. The van der Waals surface area contributed by atoms with E-state index < -0.39 is 5.41 Å². The highest BCUT2D eigenvalue weighted by atomic mass is 16.5. The summed E-state index contributed by atoms with van der Waals surface area (Å²) < 4.78 is 5.20. The smallest absolute Gasteiger partial charge is 0.316 e. The number of rotatable bonds is 5. The van der Waals surface area contributed by atoms with Gasteiger partial charge in [-0.25, -0.2) is 0 Å². The van der Waals surface area contributed by atoms with E-state index in [9.17, 15) is 4.79 Å². The van der Waals surface area contributed by atoms with Crippen molar-refractivity contribution in [2.75, 3.05) is 0 Å². The van der Waals surface area contributed by atoms with E-state index in [0.717, 1.165) is 12.0 Å². The minimum Gasteiger partial charge on any atom is -0.434 e. The van der Waals surface area contributed by atoms with E-state index in [2.05, 4.69) is 24.3 Å². The second kappa shape index (κ2) is 7.08. The number of hydrogen-bond donors (Lipinski definition) is 0. The fourth-order valence-corrected chi connectivity index (χ4v) is 1.90. The zero-order valence-electron chi connectivity index (χ0n) is 13.4. The summed E-state index contributed by atoms with van der Waals surface area (Å²) in [6, 6.07) is 18.4. The first-order chi connectivity index (χ1) is 10.5. The molecule has 0 radical (unpaired) electrons. The monoisotopic (exact) mass is 294 g/mol. The standard InChI is InChI=1S/C20H22O2/c1-4-20(2,3)19(21)22-15-14-16-10-12-18(13-11-16)17-8-6-5-7-9-17/h5-15H,4H2,1-3H3. The minimum absolute atomic E-state index is 0.202. The maximum Gasteiger partial charge on any atom is 0.316 e. The molecule has 22 heavy (non-hydrogen) atoms. The summed E-state index contributed by atoms with van der Waals surface area (Å²) in [5.74, 6) is -0.202. The fourth-order valence-electron chi connectivity index (χ4n) is 1.90. The number of ether oxygens (including phenoxy) is 1. The first-order valence-electron chi connectivity index (χ1n) is 7.56. The normalized spacial score (nSPS) is 11.6. The number of carbonyl (C=O) groups is 1. The molecule has 2 heteroatoms. The molecule has 0 amide bonds. The van der Waals surface area contributed by atoms with Crippen LogP contribution in [0.3, 0.4) is 0 Å². The van der Waals surface area contributed by atoms with Crippen LogP contribution in [0, 0.1) is 5.41 Å². The first kappa shape index (κ1) is 16.0. The predicted molar refractivity (Wildman–Crippen MR) is 91.1 cm³/mol. The Morgan fingerprint density at radius 2 is 1.59 bits per heavy atom. The lowest BCUT2D eigenvalue weighted by atomic mass is 9.91. The average Bonchev–Trinajstić information content (AvgIpc) is 2.56. The highest BCUT2D eigenvalue weighted by Gasteiger charge is 2.26. The lowest BCUT2D eigenvalue weighted by Gasteiger charge is -2.18. The van der Waals surface area contributed by atoms with Crippen LogP contribution in [0.4, 0.5) is 0 Å². The lowest BCUT2D eigenvalue weighted by Crippen LogP contribution is -2.23. The van der Waals surface area contributed by atoms with E-state index in [1.54, 1.807) is 6.08 Å². The Morgan fingerprint density at radius 1 is 1.00 bits per heavy atom. The van der Waals surface area contributed by atoms with Gasteiger partial charge in [-0.1, -0.05) is 61.5 Å². The van der Waals surface area contributed by atoms with E-state index in [-0.39, 0.29) is 5.97 Å². The zero-order chi connectivity index (χ0) is 16.0. The molecule has 2 aromatic carbocycles. The molecule has 0 heterocycles. The van der Waals surface area contributed by atoms with Crippen LogP contribution in [-0.4, -0.2) is 5.97 Å². The molecule has 0 N–H and O–H groups in total. The Morgan fingerprint density at radius 3 is 2.18 bits per heavy atom. The third-order valence-corrected chi connectivity index (χ3v) is 3.89. The van der Waals surface area contributed by atoms with Crippen LogP contribution in [0.25, 0.3) is 17.2 Å². The number of hydrogen-bond acceptors (Lipinski definition) is 2. The van der Waals surface area contributed by atoms with E-state index in [0.29, 0.717) is 0 Å². The molecule has 0 aliphatic heterocycles. The van der Waals surface area contributed by atoms with Crippen LogP contribution in [0.5, 0.6) is 0 Å². The molecular formula is C20H22O2. The molecule has 0 bridgehead atoms. The minimum atomic E-state index is -0.443. The van der Waals surface area contributed by atoms with Crippen molar-refractivity contribution in [3.63, 3.8) is 0 Å². The second-order valence-electron chi connectivity index (χ2n) is 5.93. The number of benzene rings is 2. The Kier molecular flexibility index (Phi) is 5.16. The number of esters is 1. The Balaban J connectivity index is 2.00. The largest absolute Gasteiger partial charge is 0.434 e. The highest BCUT2D eigenvalue weighted by molar-refractivity contribution is 5.77. The summed E-state index contributed by atoms with van der Waals surface area (Å²) in [6.45, 7) is 5.75. The molecule has 2 nitrogen and oxygen atoms in total. The molecule has 0 saturated heterocycles. The maximum absolute atomic E-state index is 11.9. The van der Waals surface area contributed by atoms with Gasteiger partial charge in [0.2, 0.25) is 0 Å². The van der Waals surface area contributed by atoms with Crippen LogP contribution < -0.4 is 0 Å². The molecule has 2 rings (SSSR count). The molecule has 0 atom stereocenters. The van der Waals surface area contributed by atoms with Crippen molar-refractivity contribution in [1.82, 2.24) is 0 Å². The van der Waals surface area contributed by atoms with Crippen molar-refractivity contribution in [3.8, 4) is 11.1 Å². The van der Waals surface area contributed by atoms with Crippen LogP contribution in [0.15, 0.2) is 60.9 Å². The summed E-state index contributed by atoms with van der Waals surface area (Å²) in [5.41, 5.74) is 2.92. The molecule has 0 unspecified atom stereocenters. The van der Waals surface area contributed by atoms with Gasteiger partial charge in [0.1, 0.15) is 0 Å². The van der Waals surface area contributed by atoms with Crippen molar-refractivity contribution < 1.29 is 9.53 Å². The van der Waals surface area contributed by atoms with E-state index >= 15 is 0 Å². The van der Waals surface area contributed by atoms with Crippen molar-refractivity contribution in [2.45, 2.75) is 27.2 Å². The summed E-state index contributed by atoms with van der Waals surface area (Å²) >= 11 is 0. The summed E-state index contributed by atoms with van der Waals surface area (Å²) in [6.07, 6.45) is 4.03. The summed E-state index contributed by atoms with van der Waals surface area (Å²) in [5, 5.41) is 0. The predicted octanol–water partition coefficient (Wildman–Crippen LogP) is 5.30. The van der Waals surface area contributed by atoms with Crippen LogP contribution >= 0.6 is 0 Å². The number of carbonyl (C=O) groups excluding carboxylic acids is 1. The van der Waals surface area contributed by atoms with Crippen LogP contribution in [0.2, 0.25) is 0 Å². The molecule has 0 fully saturated rings. The van der Waals surface area contributed by atoms with Gasteiger partial charge in [0, 0.05) is 0 Å². The van der Waals surface area contributed by atoms with Gasteiger partial charge in [-0.15, -0.1) is 0 Å². The summed E-state index contributed by atoms with van der Waals surface area (Å²) in [4.78, 5) is 11.9. The zero-order valence-corrected chi connectivity index (χ0v) is 13.4. The van der Waals surface area contributed by atoms with Gasteiger partial charge >= 0.3 is 5.97 Å². The van der Waals surface area contributed by atoms with Crippen LogP contribution in [-0.2, 0) is 9.53 Å². The SMILES string of the molecule is CCC(C)(C)C(=O)OC=Cc1ccc(-c2ccccc2)cc1. The fraction of sp³-hybridized carbons (Fsp3) is 0.250. The van der Waals surface area contributed by atoms with Crippen molar-refractivity contribution in [1.29, 1.82) is 0 Å². The van der Waals surface area contributed by atoms with Crippen LogP contribution in [0.1, 0.15) is 32.8 Å². The summed E-state index contributed by atoms with van der Waals surface area (Å²) in [7, 11) is 0. The first-order valence-corrected chi connectivity index (χ1v) is 7.56. The van der Waals surface area contributed by atoms with Gasteiger partial charge in [-0.2, -0.15) is 0 Å². The molecule has 0 saturated carbocycles. The average molecular weight is 294 g/mol. The second-order valence-corrected chi connectivity index (χ2v) is 5.93. The molecule has 0 spiro atoms. The molecule has 0 aromatic heterocycles. The van der Waals surface area contributed by atoms with Gasteiger partial charge < -0.3 is 4.74 Å². The topological polar surface area (TPSA) is 26.3 Å². The van der Waals surface area contributed by atoms with E-state index in [1.807, 2.05) is 51.1 Å². The van der Waals surface area contributed by atoms with Gasteiger partial charge in [0.15, 0.2) is 0 Å². The van der Waals surface area contributed by atoms with Crippen molar-refractivity contribution in [2.24, 2.45) is 5.41 Å². The Bertz CT molecular complexity index is 637. The molecule has 0 aliphatic rings. The Labute approximate surface area is 132 Å². The van der Waals surface area contributed by atoms with Gasteiger partial charge in [0.05, 0.1) is 11.7 Å². The third-order valence-electron chi connectivity index (χ3n) is 3.89. The van der Waals surface area contributed by atoms with Gasteiger partial charge in [0.25, 0.3) is 0 Å². The quantitative estimate of drug-likeness (QED) is 0.552. The highest BCUT2D eigenvalue weighted by Crippen LogP contribution is 2.22. The van der Waals surface area contributed by atoms with E-state index in [4.69, 9.17) is 4.74 Å². The lowest BCUT2D eigenvalue weighted by molar-refractivity contribution is -0.147. The Hall–Kier alpha value is -2.35. The molecule has 0 aliphatic carbocycles. The van der Waals surface area contributed by atoms with Crippen molar-refractivity contribution in [3.05, 3.63) is 66.4 Å². The van der Waals surface area contributed by atoms with Crippen molar-refractivity contribution >= 4 is 12.0 Å². The molecular weight excluding hydrogens is 272 g/mol. The third kappa shape index (κ3) is 4.08. The maximum atomic E-state index is 11.9.